The van der Waals surface area contributed by atoms with E-state index < -0.39 is 0 Å². The monoisotopic (exact) mass is 495 g/mol. The van der Waals surface area contributed by atoms with Gasteiger partial charge in [0.15, 0.2) is 0 Å². The lowest BCUT2D eigenvalue weighted by molar-refractivity contribution is -0.132. The van der Waals surface area contributed by atoms with Gasteiger partial charge in [0, 0.05) is 53.7 Å². The number of carbonyl (C=O) groups excluding carboxylic acids is 1. The first-order valence-corrected chi connectivity index (χ1v) is 12.4. The summed E-state index contributed by atoms with van der Waals surface area (Å²) in [6.07, 6.45) is 1.64. The molecule has 0 aliphatic carbocycles. The van der Waals surface area contributed by atoms with E-state index in [1.54, 1.807) is 29.3 Å². The molecule has 1 saturated heterocycles. The van der Waals surface area contributed by atoms with Crippen LogP contribution in [0.1, 0.15) is 5.56 Å². The quantitative estimate of drug-likeness (QED) is 0.371. The number of rotatable bonds is 5. The van der Waals surface area contributed by atoms with Gasteiger partial charge in [-0.2, -0.15) is 5.10 Å². The summed E-state index contributed by atoms with van der Waals surface area (Å²) < 4.78 is 17.6. The molecule has 0 unspecified atom stereocenters. The van der Waals surface area contributed by atoms with Gasteiger partial charge in [0.2, 0.25) is 5.91 Å². The van der Waals surface area contributed by atoms with Crippen LogP contribution in [0.4, 0.5) is 10.1 Å². The van der Waals surface area contributed by atoms with Crippen molar-refractivity contribution in [2.45, 2.75) is 13.1 Å². The highest BCUT2D eigenvalue weighted by Gasteiger charge is 2.23. The number of piperazine rings is 1. The van der Waals surface area contributed by atoms with E-state index in [-0.39, 0.29) is 30.4 Å². The Bertz CT molecular complexity index is 1650. The minimum atomic E-state index is -0.360. The van der Waals surface area contributed by atoms with Crippen molar-refractivity contribution in [3.63, 3.8) is 0 Å². The van der Waals surface area contributed by atoms with E-state index in [1.807, 2.05) is 47.0 Å². The van der Waals surface area contributed by atoms with Crippen molar-refractivity contribution in [1.82, 2.24) is 19.2 Å². The van der Waals surface area contributed by atoms with Crippen molar-refractivity contribution in [3.05, 3.63) is 107 Å². The molecule has 186 valence electrons. The second kappa shape index (κ2) is 9.54. The Balaban J connectivity index is 1.29. The SMILES string of the molecule is O=C(Cn1ncc2c3ccccc3n(Cc3ccccc3F)c2c1=O)N1CCN(c2ccccc2)CC1. The van der Waals surface area contributed by atoms with Gasteiger partial charge in [-0.1, -0.05) is 54.6 Å². The molecule has 0 spiro atoms. The van der Waals surface area contributed by atoms with Crippen molar-refractivity contribution < 1.29 is 9.18 Å². The third kappa shape index (κ3) is 4.24. The van der Waals surface area contributed by atoms with E-state index in [0.717, 1.165) is 29.7 Å². The largest absolute Gasteiger partial charge is 0.368 e. The first-order chi connectivity index (χ1) is 18.1. The summed E-state index contributed by atoms with van der Waals surface area (Å²) in [6, 6.07) is 24.3. The number of hydrogen-bond donors (Lipinski definition) is 0. The van der Waals surface area contributed by atoms with Gasteiger partial charge < -0.3 is 14.4 Å². The fourth-order valence-corrected chi connectivity index (χ4v) is 5.15. The highest BCUT2D eigenvalue weighted by molar-refractivity contribution is 6.07. The lowest BCUT2D eigenvalue weighted by Crippen LogP contribution is -2.50. The van der Waals surface area contributed by atoms with Crippen molar-refractivity contribution >= 4 is 33.4 Å². The van der Waals surface area contributed by atoms with E-state index in [0.29, 0.717) is 29.6 Å². The van der Waals surface area contributed by atoms with Crippen LogP contribution in [0.25, 0.3) is 21.8 Å². The van der Waals surface area contributed by atoms with Crippen LogP contribution in [0.5, 0.6) is 0 Å². The van der Waals surface area contributed by atoms with Gasteiger partial charge in [-0.15, -0.1) is 0 Å². The molecule has 0 atom stereocenters. The fourth-order valence-electron chi connectivity index (χ4n) is 5.15. The maximum Gasteiger partial charge on any atom is 0.291 e. The minimum absolute atomic E-state index is 0.138. The molecule has 7 nitrogen and oxygen atoms in total. The summed E-state index contributed by atoms with van der Waals surface area (Å²) in [5.74, 6) is -0.467. The molecule has 0 bridgehead atoms. The first-order valence-electron chi connectivity index (χ1n) is 12.4. The fraction of sp³-hybridized carbons (Fsp3) is 0.207. The molecule has 6 rings (SSSR count). The van der Waals surface area contributed by atoms with Crippen molar-refractivity contribution in [1.29, 1.82) is 0 Å². The smallest absolute Gasteiger partial charge is 0.291 e. The summed E-state index contributed by atoms with van der Waals surface area (Å²) in [7, 11) is 0. The van der Waals surface area contributed by atoms with E-state index >= 15 is 0 Å². The molecule has 0 N–H and O–H groups in total. The summed E-state index contributed by atoms with van der Waals surface area (Å²) >= 11 is 0. The first kappa shape index (κ1) is 23.0. The molecule has 3 aromatic carbocycles. The molecular weight excluding hydrogens is 469 g/mol. The third-order valence-electron chi connectivity index (χ3n) is 7.10. The van der Waals surface area contributed by atoms with Crippen LogP contribution in [0, 0.1) is 5.82 Å². The number of para-hydroxylation sites is 2. The Hall–Kier alpha value is -4.46. The Morgan fingerprint density at radius 2 is 1.54 bits per heavy atom. The lowest BCUT2D eigenvalue weighted by Gasteiger charge is -2.36. The summed E-state index contributed by atoms with van der Waals surface area (Å²) in [6.45, 7) is 2.69. The van der Waals surface area contributed by atoms with Gasteiger partial charge in [-0.05, 0) is 24.3 Å². The average Bonchev–Trinajstić information content (AvgIpc) is 3.26. The molecule has 2 aromatic heterocycles. The lowest BCUT2D eigenvalue weighted by atomic mass is 10.2. The molecule has 0 radical (unpaired) electrons. The van der Waals surface area contributed by atoms with Crippen LogP contribution in [0.2, 0.25) is 0 Å². The van der Waals surface area contributed by atoms with Crippen LogP contribution in [0.15, 0.2) is 89.9 Å². The summed E-state index contributed by atoms with van der Waals surface area (Å²) in [5.41, 5.74) is 2.50. The predicted molar refractivity (Wildman–Crippen MR) is 142 cm³/mol. The summed E-state index contributed by atoms with van der Waals surface area (Å²) in [4.78, 5) is 30.8. The number of halogens is 1. The molecule has 1 aliphatic rings. The minimum Gasteiger partial charge on any atom is -0.368 e. The maximum atomic E-state index is 14.5. The van der Waals surface area contributed by atoms with Crippen molar-refractivity contribution in [2.75, 3.05) is 31.1 Å². The number of amides is 1. The van der Waals surface area contributed by atoms with Gasteiger partial charge in [0.05, 0.1) is 12.7 Å². The Morgan fingerprint density at radius 3 is 2.32 bits per heavy atom. The molecule has 8 heteroatoms. The molecule has 3 heterocycles. The number of benzene rings is 3. The van der Waals surface area contributed by atoms with E-state index in [1.165, 1.54) is 10.7 Å². The zero-order valence-electron chi connectivity index (χ0n) is 20.3. The Morgan fingerprint density at radius 1 is 0.838 bits per heavy atom. The van der Waals surface area contributed by atoms with Crippen LogP contribution in [0.3, 0.4) is 0 Å². The number of fused-ring (bicyclic) bond motifs is 3. The highest BCUT2D eigenvalue weighted by Crippen LogP contribution is 2.27. The van der Waals surface area contributed by atoms with Gasteiger partial charge in [-0.25, -0.2) is 9.07 Å². The Labute approximate surface area is 213 Å². The van der Waals surface area contributed by atoms with Crippen LogP contribution in [-0.2, 0) is 17.9 Å². The second-order valence-corrected chi connectivity index (χ2v) is 9.27. The maximum absolute atomic E-state index is 14.5. The molecule has 37 heavy (non-hydrogen) atoms. The van der Waals surface area contributed by atoms with Crippen LogP contribution < -0.4 is 10.5 Å². The zero-order valence-corrected chi connectivity index (χ0v) is 20.3. The number of nitrogens with zero attached hydrogens (tertiary/aromatic N) is 5. The van der Waals surface area contributed by atoms with Crippen molar-refractivity contribution in [2.24, 2.45) is 0 Å². The zero-order chi connectivity index (χ0) is 25.4. The average molecular weight is 496 g/mol. The topological polar surface area (TPSA) is 63.4 Å². The molecule has 1 aliphatic heterocycles. The second-order valence-electron chi connectivity index (χ2n) is 9.27. The number of aromatic nitrogens is 3. The molecular formula is C29H26FN5O2. The van der Waals surface area contributed by atoms with E-state index in [9.17, 15) is 14.0 Å². The van der Waals surface area contributed by atoms with Crippen LogP contribution >= 0.6 is 0 Å². The predicted octanol–water partition coefficient (Wildman–Crippen LogP) is 3.89. The Kier molecular flexibility index (Phi) is 5.92. The molecule has 5 aromatic rings. The van der Waals surface area contributed by atoms with Crippen molar-refractivity contribution in [3.8, 4) is 0 Å². The number of anilines is 1. The molecule has 1 fully saturated rings. The van der Waals surface area contributed by atoms with Gasteiger partial charge in [0.25, 0.3) is 5.56 Å². The summed E-state index contributed by atoms with van der Waals surface area (Å²) in [5, 5.41) is 5.91. The highest BCUT2D eigenvalue weighted by atomic mass is 19.1. The number of carbonyl (C=O) groups is 1. The normalized spacial score (nSPS) is 14.0. The van der Waals surface area contributed by atoms with Gasteiger partial charge in [0.1, 0.15) is 17.9 Å². The molecule has 1 amide bonds. The van der Waals surface area contributed by atoms with E-state index in [4.69, 9.17) is 0 Å². The molecule has 0 saturated carbocycles. The van der Waals surface area contributed by atoms with Gasteiger partial charge in [-0.3, -0.25) is 9.59 Å². The van der Waals surface area contributed by atoms with E-state index in [2.05, 4.69) is 22.1 Å². The number of hydrogen-bond acceptors (Lipinski definition) is 4. The standard InChI is InChI=1S/C29H26FN5O2/c30-25-12-6-4-8-21(25)19-34-26-13-7-5-11-23(26)24-18-31-35(29(37)28(24)34)20-27(36)33-16-14-32(15-17-33)22-9-2-1-3-10-22/h1-13,18H,14-17,19-20H2. The third-order valence-corrected chi connectivity index (χ3v) is 7.10. The van der Waals surface area contributed by atoms with Gasteiger partial charge >= 0.3 is 0 Å². The van der Waals surface area contributed by atoms with Crippen LogP contribution in [-0.4, -0.2) is 51.3 Å².